The molecule has 0 saturated carbocycles. The summed E-state index contributed by atoms with van der Waals surface area (Å²) in [6, 6.07) is 13.1. The summed E-state index contributed by atoms with van der Waals surface area (Å²) in [5.74, 6) is 0.258. The van der Waals surface area contributed by atoms with Crippen molar-refractivity contribution in [3.8, 4) is 11.5 Å². The van der Waals surface area contributed by atoms with Gasteiger partial charge in [0.25, 0.3) is 11.1 Å². The highest BCUT2D eigenvalue weighted by Gasteiger charge is 2.13. The summed E-state index contributed by atoms with van der Waals surface area (Å²) >= 11 is 1.38. The largest absolute Gasteiger partial charge is 0.411 e. The van der Waals surface area contributed by atoms with E-state index in [0.717, 1.165) is 0 Å². The van der Waals surface area contributed by atoms with E-state index in [1.165, 1.54) is 36.0 Å². The van der Waals surface area contributed by atoms with E-state index in [1.54, 1.807) is 36.4 Å². The number of amides is 1. The van der Waals surface area contributed by atoms with Crippen molar-refractivity contribution in [1.82, 2.24) is 10.2 Å². The van der Waals surface area contributed by atoms with Gasteiger partial charge in [0.2, 0.25) is 5.91 Å². The first-order chi connectivity index (χ1) is 13.2. The molecule has 136 valence electrons. The molecule has 0 saturated heterocycles. The van der Waals surface area contributed by atoms with E-state index in [1.807, 2.05) is 6.07 Å². The van der Waals surface area contributed by atoms with E-state index in [0.29, 0.717) is 33.7 Å². The van der Waals surface area contributed by atoms with Crippen molar-refractivity contribution in [2.75, 3.05) is 11.1 Å². The van der Waals surface area contributed by atoms with Crippen LogP contribution in [0, 0.1) is 5.82 Å². The topological polar surface area (TPSA) is 68.0 Å². The summed E-state index contributed by atoms with van der Waals surface area (Å²) in [5.41, 5.74) is 1.75. The molecule has 0 unspecified atom stereocenters. The van der Waals surface area contributed by atoms with Gasteiger partial charge in [-0.15, -0.1) is 16.8 Å². The van der Waals surface area contributed by atoms with Gasteiger partial charge in [0.15, 0.2) is 0 Å². The first kappa shape index (κ1) is 18.6. The van der Waals surface area contributed by atoms with Crippen LogP contribution < -0.4 is 5.32 Å². The van der Waals surface area contributed by atoms with Crippen LogP contribution in [-0.4, -0.2) is 21.9 Å². The van der Waals surface area contributed by atoms with Gasteiger partial charge in [-0.1, -0.05) is 42.1 Å². The van der Waals surface area contributed by atoms with Gasteiger partial charge in [-0.25, -0.2) is 4.39 Å². The Balaban J connectivity index is 1.74. The normalized spacial score (nSPS) is 10.9. The van der Waals surface area contributed by atoms with Crippen molar-refractivity contribution >= 4 is 29.4 Å². The lowest BCUT2D eigenvalue weighted by Crippen LogP contribution is -2.08. The predicted octanol–water partition coefficient (Wildman–Crippen LogP) is 4.81. The van der Waals surface area contributed by atoms with Gasteiger partial charge < -0.3 is 9.73 Å². The lowest BCUT2D eigenvalue weighted by atomic mass is 10.1. The van der Waals surface area contributed by atoms with Crippen LogP contribution >= 0.6 is 11.8 Å². The van der Waals surface area contributed by atoms with Crippen LogP contribution in [0.1, 0.15) is 5.56 Å². The number of rotatable bonds is 7. The summed E-state index contributed by atoms with van der Waals surface area (Å²) in [4.78, 5) is 12.2. The molecule has 0 fully saturated rings. The van der Waals surface area contributed by atoms with Crippen LogP contribution in [0.3, 0.4) is 0 Å². The average molecular weight is 381 g/mol. The maximum atomic E-state index is 13.2. The van der Waals surface area contributed by atoms with Crippen LogP contribution in [0.4, 0.5) is 10.1 Å². The molecule has 0 aliphatic rings. The van der Waals surface area contributed by atoms with E-state index in [-0.39, 0.29) is 11.7 Å². The quantitative estimate of drug-likeness (QED) is 0.361. The molecule has 0 bridgehead atoms. The molecule has 3 rings (SSSR count). The minimum atomic E-state index is -0.357. The highest BCUT2D eigenvalue weighted by atomic mass is 32.2. The number of nitrogens with zero attached hydrogens (tertiary/aromatic N) is 2. The maximum Gasteiger partial charge on any atom is 0.277 e. The standard InChI is InChI=1S/C20H16FN3O2S/c1-2-12-27-20-24-23-19(26-20)16-8-3-4-9-17(16)22-18(25)11-10-14-6-5-7-15(21)13-14/h2-11,13H,1,12H2,(H,22,25). The Bertz CT molecular complexity index is 985. The fraction of sp³-hybridized carbons (Fsp3) is 0.0500. The number of hydrogen-bond acceptors (Lipinski definition) is 5. The van der Waals surface area contributed by atoms with E-state index in [9.17, 15) is 9.18 Å². The smallest absolute Gasteiger partial charge is 0.277 e. The van der Waals surface area contributed by atoms with Crippen molar-refractivity contribution in [2.45, 2.75) is 5.22 Å². The Morgan fingerprint density at radius 3 is 2.89 bits per heavy atom. The Kier molecular flexibility index (Phi) is 6.17. The van der Waals surface area contributed by atoms with Crippen LogP contribution in [-0.2, 0) is 4.79 Å². The lowest BCUT2D eigenvalue weighted by molar-refractivity contribution is -0.111. The van der Waals surface area contributed by atoms with Gasteiger partial charge in [-0.3, -0.25) is 4.79 Å². The fourth-order valence-electron chi connectivity index (χ4n) is 2.24. The maximum absolute atomic E-state index is 13.2. The molecule has 0 radical (unpaired) electrons. The Morgan fingerprint density at radius 1 is 1.22 bits per heavy atom. The third-order valence-corrected chi connectivity index (χ3v) is 4.24. The molecule has 1 aromatic heterocycles. The minimum absolute atomic E-state index is 0.312. The first-order valence-electron chi connectivity index (χ1n) is 8.07. The van der Waals surface area contributed by atoms with Gasteiger partial charge >= 0.3 is 0 Å². The summed E-state index contributed by atoms with van der Waals surface area (Å²) in [5, 5.41) is 11.2. The number of thioether (sulfide) groups is 1. The number of hydrogen-bond donors (Lipinski definition) is 1. The second-order valence-electron chi connectivity index (χ2n) is 5.40. The number of carbonyl (C=O) groups is 1. The van der Waals surface area contributed by atoms with E-state index in [4.69, 9.17) is 4.42 Å². The molecule has 0 aliphatic heterocycles. The minimum Gasteiger partial charge on any atom is -0.411 e. The number of aromatic nitrogens is 2. The highest BCUT2D eigenvalue weighted by molar-refractivity contribution is 7.99. The Morgan fingerprint density at radius 2 is 2.07 bits per heavy atom. The molecule has 0 aliphatic carbocycles. The highest BCUT2D eigenvalue weighted by Crippen LogP contribution is 2.29. The Hall–Kier alpha value is -3.19. The van der Waals surface area contributed by atoms with Crippen LogP contribution in [0.15, 0.2) is 76.9 Å². The zero-order chi connectivity index (χ0) is 19.1. The SMILES string of the molecule is C=CCSc1nnc(-c2ccccc2NC(=O)C=Cc2cccc(F)c2)o1. The first-order valence-corrected chi connectivity index (χ1v) is 9.05. The van der Waals surface area contributed by atoms with Crippen LogP contribution in [0.5, 0.6) is 0 Å². The van der Waals surface area contributed by atoms with Gasteiger partial charge in [0.1, 0.15) is 5.82 Å². The number of halogens is 1. The molecule has 0 atom stereocenters. The van der Waals surface area contributed by atoms with Gasteiger partial charge in [-0.05, 0) is 35.9 Å². The predicted molar refractivity (Wildman–Crippen MR) is 105 cm³/mol. The second-order valence-corrected chi connectivity index (χ2v) is 6.37. The monoisotopic (exact) mass is 381 g/mol. The van der Waals surface area contributed by atoms with Crippen LogP contribution in [0.2, 0.25) is 0 Å². The van der Waals surface area contributed by atoms with Gasteiger partial charge in [0, 0.05) is 11.8 Å². The van der Waals surface area contributed by atoms with Gasteiger partial charge in [0.05, 0.1) is 11.3 Å². The van der Waals surface area contributed by atoms with E-state index < -0.39 is 0 Å². The molecule has 7 heteroatoms. The number of para-hydroxylation sites is 1. The zero-order valence-electron chi connectivity index (χ0n) is 14.3. The molecule has 27 heavy (non-hydrogen) atoms. The molecular formula is C20H16FN3O2S. The Labute approximate surface area is 160 Å². The van der Waals surface area contributed by atoms with Crippen molar-refractivity contribution in [1.29, 1.82) is 0 Å². The number of anilines is 1. The molecule has 5 nitrogen and oxygen atoms in total. The van der Waals surface area contributed by atoms with Crippen molar-refractivity contribution in [3.63, 3.8) is 0 Å². The second kappa shape index (κ2) is 8.95. The van der Waals surface area contributed by atoms with E-state index >= 15 is 0 Å². The molecule has 1 heterocycles. The fourth-order valence-corrected chi connectivity index (χ4v) is 2.74. The van der Waals surface area contributed by atoms with Gasteiger partial charge in [-0.2, -0.15) is 0 Å². The van der Waals surface area contributed by atoms with Crippen molar-refractivity contribution < 1.29 is 13.6 Å². The van der Waals surface area contributed by atoms with Crippen LogP contribution in [0.25, 0.3) is 17.5 Å². The number of nitrogens with one attached hydrogen (secondary N) is 1. The van der Waals surface area contributed by atoms with Crippen molar-refractivity contribution in [2.24, 2.45) is 0 Å². The average Bonchev–Trinajstić information content (AvgIpc) is 3.14. The van der Waals surface area contributed by atoms with Crippen molar-refractivity contribution in [3.05, 3.63) is 78.6 Å². The summed E-state index contributed by atoms with van der Waals surface area (Å²) in [7, 11) is 0. The number of carbonyl (C=O) groups excluding carboxylic acids is 1. The molecule has 0 spiro atoms. The molecule has 3 aromatic rings. The molecule has 1 amide bonds. The lowest BCUT2D eigenvalue weighted by Gasteiger charge is -2.06. The van der Waals surface area contributed by atoms with E-state index in [2.05, 4.69) is 22.1 Å². The molecular weight excluding hydrogens is 365 g/mol. The number of benzene rings is 2. The summed E-state index contributed by atoms with van der Waals surface area (Å²) in [6.07, 6.45) is 4.62. The molecule has 1 N–H and O–H groups in total. The summed E-state index contributed by atoms with van der Waals surface area (Å²) < 4.78 is 18.8. The third kappa shape index (κ3) is 5.15. The molecule has 2 aromatic carbocycles. The third-order valence-electron chi connectivity index (χ3n) is 3.42. The zero-order valence-corrected chi connectivity index (χ0v) is 15.1. The summed E-state index contributed by atoms with van der Waals surface area (Å²) in [6.45, 7) is 3.65.